The Morgan fingerprint density at radius 3 is 2.37 bits per heavy atom. The molecule has 2 aromatic rings. The van der Waals surface area contributed by atoms with Gasteiger partial charge in [0.1, 0.15) is 0 Å². The van der Waals surface area contributed by atoms with Gasteiger partial charge in [-0.15, -0.1) is 0 Å². The molecule has 2 aromatic carbocycles. The fraction of sp³-hybridized carbons (Fsp3) is 0.250. The lowest BCUT2D eigenvalue weighted by atomic mass is 10.0. The number of halogens is 2. The molecule has 0 saturated heterocycles. The predicted octanol–water partition coefficient (Wildman–Crippen LogP) is 4.40. The summed E-state index contributed by atoms with van der Waals surface area (Å²) in [4.78, 5) is 0. The first-order valence-electron chi connectivity index (χ1n) is 6.44. The van der Waals surface area contributed by atoms with E-state index in [2.05, 4.69) is 24.4 Å². The quantitative estimate of drug-likeness (QED) is 0.841. The number of rotatable bonds is 5. The molecule has 3 heteroatoms. The number of benzene rings is 2. The van der Waals surface area contributed by atoms with Gasteiger partial charge in [-0.1, -0.05) is 37.3 Å². The van der Waals surface area contributed by atoms with E-state index in [0.717, 1.165) is 18.9 Å². The average molecular weight is 261 g/mol. The number of hydrogen-bond donors (Lipinski definition) is 1. The van der Waals surface area contributed by atoms with Crippen LogP contribution in [0.25, 0.3) is 0 Å². The monoisotopic (exact) mass is 261 g/mol. The smallest absolute Gasteiger partial charge is 0.160 e. The summed E-state index contributed by atoms with van der Waals surface area (Å²) in [6.07, 6.45) is 1.77. The first-order valence-corrected chi connectivity index (χ1v) is 6.44. The summed E-state index contributed by atoms with van der Waals surface area (Å²) in [6, 6.07) is 14.2. The second-order valence-electron chi connectivity index (χ2n) is 4.57. The van der Waals surface area contributed by atoms with Crippen molar-refractivity contribution in [1.29, 1.82) is 0 Å². The molecular formula is C16H17F2N. The average Bonchev–Trinajstić information content (AvgIpc) is 2.43. The summed E-state index contributed by atoms with van der Waals surface area (Å²) >= 11 is 0. The Hall–Kier alpha value is -1.90. The van der Waals surface area contributed by atoms with Crippen molar-refractivity contribution in [1.82, 2.24) is 0 Å². The van der Waals surface area contributed by atoms with E-state index in [-0.39, 0.29) is 6.04 Å². The third-order valence-corrected chi connectivity index (χ3v) is 3.11. The Morgan fingerprint density at radius 1 is 1.00 bits per heavy atom. The molecule has 0 aliphatic heterocycles. The van der Waals surface area contributed by atoms with Crippen LogP contribution in [-0.2, 0) is 6.42 Å². The molecule has 2 rings (SSSR count). The minimum Gasteiger partial charge on any atom is -0.382 e. The van der Waals surface area contributed by atoms with Gasteiger partial charge in [0.25, 0.3) is 0 Å². The molecular weight excluding hydrogens is 244 g/mol. The van der Waals surface area contributed by atoms with Crippen molar-refractivity contribution in [3.63, 3.8) is 0 Å². The minimum absolute atomic E-state index is 0.201. The Bertz CT molecular complexity index is 526. The number of anilines is 1. The standard InChI is InChI=1S/C16H17F2N/c1-2-13(10-12-6-4-3-5-7-12)19-14-8-9-15(17)16(18)11-14/h3-9,11,13,19H,2,10H2,1H3. The van der Waals surface area contributed by atoms with Gasteiger partial charge in [0.15, 0.2) is 11.6 Å². The molecule has 0 radical (unpaired) electrons. The highest BCUT2D eigenvalue weighted by molar-refractivity contribution is 5.44. The van der Waals surface area contributed by atoms with Gasteiger partial charge in [0.2, 0.25) is 0 Å². The van der Waals surface area contributed by atoms with Crippen LogP contribution >= 0.6 is 0 Å². The summed E-state index contributed by atoms with van der Waals surface area (Å²) in [6.45, 7) is 2.07. The van der Waals surface area contributed by atoms with Crippen LogP contribution in [0.4, 0.5) is 14.5 Å². The largest absolute Gasteiger partial charge is 0.382 e. The maximum atomic E-state index is 13.1. The summed E-state index contributed by atoms with van der Waals surface area (Å²) in [7, 11) is 0. The lowest BCUT2D eigenvalue weighted by molar-refractivity contribution is 0.508. The topological polar surface area (TPSA) is 12.0 Å². The molecule has 1 N–H and O–H groups in total. The molecule has 1 unspecified atom stereocenters. The first kappa shape index (κ1) is 13.5. The van der Waals surface area contributed by atoms with Gasteiger partial charge in [0.05, 0.1) is 0 Å². The van der Waals surface area contributed by atoms with Gasteiger partial charge >= 0.3 is 0 Å². The molecule has 0 spiro atoms. The van der Waals surface area contributed by atoms with Crippen LogP contribution in [0.3, 0.4) is 0 Å². The van der Waals surface area contributed by atoms with Crippen molar-refractivity contribution in [3.8, 4) is 0 Å². The van der Waals surface area contributed by atoms with Crippen molar-refractivity contribution >= 4 is 5.69 Å². The highest BCUT2D eigenvalue weighted by Crippen LogP contribution is 2.16. The lowest BCUT2D eigenvalue weighted by Gasteiger charge is -2.18. The fourth-order valence-corrected chi connectivity index (χ4v) is 2.02. The molecule has 0 aliphatic rings. The minimum atomic E-state index is -0.820. The molecule has 0 aliphatic carbocycles. The Morgan fingerprint density at radius 2 is 1.74 bits per heavy atom. The Balaban J connectivity index is 2.04. The van der Waals surface area contributed by atoms with Crippen molar-refractivity contribution < 1.29 is 8.78 Å². The highest BCUT2D eigenvalue weighted by atomic mass is 19.2. The van der Waals surface area contributed by atoms with Crippen LogP contribution in [-0.4, -0.2) is 6.04 Å². The molecule has 100 valence electrons. The van der Waals surface area contributed by atoms with E-state index >= 15 is 0 Å². The van der Waals surface area contributed by atoms with E-state index in [1.807, 2.05) is 18.2 Å². The second-order valence-corrected chi connectivity index (χ2v) is 4.57. The third kappa shape index (κ3) is 3.78. The highest BCUT2D eigenvalue weighted by Gasteiger charge is 2.09. The van der Waals surface area contributed by atoms with Crippen molar-refractivity contribution in [2.45, 2.75) is 25.8 Å². The van der Waals surface area contributed by atoms with Crippen LogP contribution in [0, 0.1) is 11.6 Å². The summed E-state index contributed by atoms with van der Waals surface area (Å²) in [5.74, 6) is -1.64. The number of hydrogen-bond acceptors (Lipinski definition) is 1. The van der Waals surface area contributed by atoms with Crippen LogP contribution in [0.5, 0.6) is 0 Å². The molecule has 0 fully saturated rings. The van der Waals surface area contributed by atoms with Crippen molar-refractivity contribution in [3.05, 3.63) is 65.7 Å². The van der Waals surface area contributed by atoms with E-state index in [0.29, 0.717) is 5.69 Å². The molecule has 1 nitrogen and oxygen atoms in total. The van der Waals surface area contributed by atoms with Crippen LogP contribution in [0.15, 0.2) is 48.5 Å². The van der Waals surface area contributed by atoms with E-state index in [1.165, 1.54) is 11.6 Å². The zero-order chi connectivity index (χ0) is 13.7. The van der Waals surface area contributed by atoms with Gasteiger partial charge in [-0.2, -0.15) is 0 Å². The zero-order valence-electron chi connectivity index (χ0n) is 10.9. The van der Waals surface area contributed by atoms with E-state index in [9.17, 15) is 8.78 Å². The molecule has 0 aromatic heterocycles. The molecule has 0 saturated carbocycles. The van der Waals surface area contributed by atoms with Gasteiger partial charge in [-0.25, -0.2) is 8.78 Å². The third-order valence-electron chi connectivity index (χ3n) is 3.11. The van der Waals surface area contributed by atoms with Gasteiger partial charge in [0, 0.05) is 17.8 Å². The fourth-order valence-electron chi connectivity index (χ4n) is 2.02. The van der Waals surface area contributed by atoms with Crippen LogP contribution < -0.4 is 5.32 Å². The predicted molar refractivity (Wildman–Crippen MR) is 74.2 cm³/mol. The maximum absolute atomic E-state index is 13.1. The summed E-state index contributed by atoms with van der Waals surface area (Å²) in [5, 5.41) is 3.24. The van der Waals surface area contributed by atoms with Crippen LogP contribution in [0.1, 0.15) is 18.9 Å². The van der Waals surface area contributed by atoms with Gasteiger partial charge < -0.3 is 5.32 Å². The van der Waals surface area contributed by atoms with Crippen molar-refractivity contribution in [2.75, 3.05) is 5.32 Å². The normalized spacial score (nSPS) is 12.2. The SMILES string of the molecule is CCC(Cc1ccccc1)Nc1ccc(F)c(F)c1. The molecule has 0 amide bonds. The molecule has 0 heterocycles. The maximum Gasteiger partial charge on any atom is 0.160 e. The van der Waals surface area contributed by atoms with Gasteiger partial charge in [-0.05, 0) is 30.5 Å². The molecule has 19 heavy (non-hydrogen) atoms. The zero-order valence-corrected chi connectivity index (χ0v) is 10.9. The Labute approximate surface area is 112 Å². The first-order chi connectivity index (χ1) is 9.19. The van der Waals surface area contributed by atoms with E-state index in [4.69, 9.17) is 0 Å². The summed E-state index contributed by atoms with van der Waals surface area (Å²) in [5.41, 5.74) is 1.84. The van der Waals surface area contributed by atoms with E-state index in [1.54, 1.807) is 6.07 Å². The van der Waals surface area contributed by atoms with Crippen molar-refractivity contribution in [2.24, 2.45) is 0 Å². The Kier molecular flexibility index (Phi) is 4.50. The molecule has 0 bridgehead atoms. The van der Waals surface area contributed by atoms with E-state index < -0.39 is 11.6 Å². The lowest BCUT2D eigenvalue weighted by Crippen LogP contribution is -2.21. The number of nitrogens with one attached hydrogen (secondary N) is 1. The second kappa shape index (κ2) is 6.32. The summed E-state index contributed by atoms with van der Waals surface area (Å²) < 4.78 is 26.0. The van der Waals surface area contributed by atoms with Gasteiger partial charge in [-0.3, -0.25) is 0 Å². The van der Waals surface area contributed by atoms with Crippen LogP contribution in [0.2, 0.25) is 0 Å². The molecule has 1 atom stereocenters.